The number of nitrogens with two attached hydrogens (primary N) is 7. The smallest absolute Gasteiger partial charge is 0.326 e. The standard InChI is InChI=1S/C88H148N26O24S2/c1-47(2)40-62(109-74(125)56(17-9-12-34-90)102-73(124)55(16-8-11-33-89)103-78(129)60(29-30-68(93)119)107-81(132)63(42-50-21-25-52(117)26-22-50)101-69(120)45-100-72(123)54(92)31-38-139-6)80(131)105-59(20-15-37-99-88(96)97)77(128)113-67(46-115)84(135)108-61(32-39-140-7)79(130)114-71(49(5)116)85(136)111-65(44-70(121)122)83(134)104-57(18-10-13-35-91)75(126)110-64(43-51-23-27-53(118)28-24-51)82(133)106-58(19-14-36-98-87(94)95)76(127)112-66(86(137)138)41-48(3)4/h21-28,47-49,54-67,71,115-118H,8-20,29-46,89-92H2,1-7H3,(H2,93,119)(H,100,123)(H,101,120)(H,102,124)(H,103,129)(H,104,134)(H,105,131)(H,106,133)(H,107,132)(H,108,135)(H,109,125)(H,110,126)(H,111,136)(H,112,127)(H,113,128)(H,114,130)(H,121,122)(H,137,138)(H4,94,95,98)(H4,96,97,99)/t49-,54+,55+,56+,57+,58+,59+,60+,61-,62+,63+,64+,65+,66+,67+,71+/m1/s1. The lowest BCUT2D eigenvalue weighted by atomic mass is 10.0. The molecule has 0 unspecified atom stereocenters. The van der Waals surface area contributed by atoms with Crippen LogP contribution in [0.5, 0.6) is 11.5 Å². The molecule has 16 amide bonds. The van der Waals surface area contributed by atoms with Gasteiger partial charge in [0.1, 0.15) is 96.1 Å². The summed E-state index contributed by atoms with van der Waals surface area (Å²) in [5.74, 6) is -20.8. The van der Waals surface area contributed by atoms with Crippen molar-refractivity contribution in [3.63, 3.8) is 0 Å². The van der Waals surface area contributed by atoms with Gasteiger partial charge in [0.15, 0.2) is 11.9 Å². The topological polar surface area (TPSA) is 863 Å². The Hall–Kier alpha value is -12.5. The highest BCUT2D eigenvalue weighted by Crippen LogP contribution is 2.19. The van der Waals surface area contributed by atoms with Crippen molar-refractivity contribution in [2.75, 3.05) is 69.9 Å². The minimum atomic E-state index is -2.12. The number of carbonyl (C=O) groups excluding carboxylic acids is 16. The summed E-state index contributed by atoms with van der Waals surface area (Å²) in [4.78, 5) is 252. The molecule has 0 saturated heterocycles. The molecule has 2 aromatic rings. The number of carboxylic acid groups (broad SMARTS) is 2. The lowest BCUT2D eigenvalue weighted by Gasteiger charge is -2.29. The number of aliphatic hydroxyl groups excluding tert-OH is 2. The number of phenolic OH excluding ortho intramolecular Hbond substituents is 2. The van der Waals surface area contributed by atoms with Crippen LogP contribution in [0.2, 0.25) is 0 Å². The van der Waals surface area contributed by atoms with Gasteiger partial charge in [0.05, 0.1) is 31.7 Å². The van der Waals surface area contributed by atoms with E-state index in [1.165, 1.54) is 72.1 Å². The number of aliphatic carboxylic acids is 2. The number of carbonyl (C=O) groups is 18. The number of primary amides is 1. The van der Waals surface area contributed by atoms with Crippen LogP contribution in [0.15, 0.2) is 48.5 Å². The average molecular weight is 2020 g/mol. The summed E-state index contributed by atoms with van der Waals surface area (Å²) in [5, 5.41) is 120. The Morgan fingerprint density at radius 1 is 0.364 bits per heavy atom. The molecule has 0 heterocycles. The molecular formula is C88H148N26O24S2. The SMILES string of the molecule is CSCC[C@H](N)C(=O)NCC(=O)N[C@@H](Cc1ccc(O)cc1)C(=O)N[C@@H](CCC(N)=O)C(=O)N[C@@H](CCCCN)C(=O)N[C@@H](CCCCN)C(=O)N[C@@H](CC(C)C)C(=O)N[C@@H](CCCNC(=N)N)C(=O)N[C@@H](CO)C(=O)N[C@H](CCSC)C(=O)N[C@H](C(=O)N[C@@H](CC(=O)O)C(=O)N[C@@H](CCCCN)C(=O)N[C@@H](Cc1ccc(O)cc1)C(=O)N[C@@H](CCCNC(=N)N)C(=O)N[C@@H](CC(C)C)C(=O)O)[C@@H](C)O. The number of benzene rings is 2. The van der Waals surface area contributed by atoms with E-state index in [1.807, 2.05) is 6.26 Å². The zero-order valence-electron chi connectivity index (χ0n) is 80.3. The maximum atomic E-state index is 14.8. The monoisotopic (exact) mass is 2020 g/mol. The molecule has 140 heavy (non-hydrogen) atoms. The summed E-state index contributed by atoms with van der Waals surface area (Å²) in [6.07, 6.45) is -0.772. The summed E-state index contributed by atoms with van der Waals surface area (Å²) in [5.41, 5.74) is 40.8. The summed E-state index contributed by atoms with van der Waals surface area (Å²) < 4.78 is 0. The van der Waals surface area contributed by atoms with Gasteiger partial charge >= 0.3 is 11.9 Å². The molecule has 786 valence electrons. The molecule has 0 bridgehead atoms. The highest BCUT2D eigenvalue weighted by molar-refractivity contribution is 7.98. The van der Waals surface area contributed by atoms with Crippen molar-refractivity contribution < 1.29 is 117 Å². The van der Waals surface area contributed by atoms with E-state index in [0.717, 1.165) is 6.92 Å². The zero-order chi connectivity index (χ0) is 105. The quantitative estimate of drug-likeness (QED) is 0.0166. The van der Waals surface area contributed by atoms with E-state index in [-0.39, 0.29) is 159 Å². The summed E-state index contributed by atoms with van der Waals surface area (Å²) in [6, 6.07) is -13.3. The van der Waals surface area contributed by atoms with Crippen molar-refractivity contribution in [1.82, 2.24) is 90.4 Å². The lowest BCUT2D eigenvalue weighted by Crippen LogP contribution is -2.62. The Kier molecular flexibility index (Phi) is 59.8. The number of nitrogens with one attached hydrogen (secondary N) is 19. The van der Waals surface area contributed by atoms with Gasteiger partial charge in [0.2, 0.25) is 94.5 Å². The number of hydrogen-bond acceptors (Lipinski definition) is 30. The molecular weight excluding hydrogens is 1870 g/mol. The Labute approximate surface area is 821 Å². The zero-order valence-corrected chi connectivity index (χ0v) is 82.0. The molecule has 16 atom stereocenters. The number of aromatic hydroxyl groups is 2. The Morgan fingerprint density at radius 3 is 1.04 bits per heavy atom. The maximum Gasteiger partial charge on any atom is 0.326 e. The normalized spacial score (nSPS) is 14.6. The van der Waals surface area contributed by atoms with Gasteiger partial charge in [-0.15, -0.1) is 0 Å². The van der Waals surface area contributed by atoms with Crippen molar-refractivity contribution >= 4 is 142 Å². The molecule has 39 N–H and O–H groups in total. The van der Waals surface area contributed by atoms with Crippen LogP contribution in [-0.4, -0.2) is 316 Å². The van der Waals surface area contributed by atoms with E-state index in [0.29, 0.717) is 36.1 Å². The van der Waals surface area contributed by atoms with Crippen LogP contribution >= 0.6 is 23.5 Å². The van der Waals surface area contributed by atoms with Gasteiger partial charge in [-0.1, -0.05) is 52.0 Å². The van der Waals surface area contributed by atoms with Gasteiger partial charge in [-0.05, 0) is 213 Å². The van der Waals surface area contributed by atoms with E-state index in [4.69, 9.17) is 51.0 Å². The molecule has 0 aliphatic carbocycles. The maximum absolute atomic E-state index is 14.8. The van der Waals surface area contributed by atoms with Crippen molar-refractivity contribution in [2.45, 2.75) is 273 Å². The molecule has 0 saturated carbocycles. The number of guanidine groups is 2. The van der Waals surface area contributed by atoms with Crippen LogP contribution in [0.3, 0.4) is 0 Å². The van der Waals surface area contributed by atoms with Gasteiger partial charge < -0.3 is 161 Å². The summed E-state index contributed by atoms with van der Waals surface area (Å²) in [7, 11) is 0. The van der Waals surface area contributed by atoms with Crippen molar-refractivity contribution in [3.05, 3.63) is 59.7 Å². The molecule has 0 spiro atoms. The number of unbranched alkanes of at least 4 members (excludes halogenated alkanes) is 3. The van der Waals surface area contributed by atoms with E-state index in [2.05, 4.69) is 90.4 Å². The van der Waals surface area contributed by atoms with E-state index >= 15 is 0 Å². The second kappa shape index (κ2) is 67.7. The van der Waals surface area contributed by atoms with Gasteiger partial charge in [-0.25, -0.2) is 4.79 Å². The highest BCUT2D eigenvalue weighted by atomic mass is 32.2. The predicted octanol–water partition coefficient (Wildman–Crippen LogP) is -7.18. The van der Waals surface area contributed by atoms with Crippen molar-refractivity contribution in [3.8, 4) is 11.5 Å². The molecule has 50 nitrogen and oxygen atoms in total. The summed E-state index contributed by atoms with van der Waals surface area (Å²) >= 11 is 2.62. The predicted molar refractivity (Wildman–Crippen MR) is 521 cm³/mol. The summed E-state index contributed by atoms with van der Waals surface area (Å²) in [6.45, 7) is 6.36. The second-order valence-electron chi connectivity index (χ2n) is 34.4. The van der Waals surface area contributed by atoms with Crippen LogP contribution in [0.4, 0.5) is 0 Å². The number of aliphatic hydroxyl groups is 2. The number of phenols is 2. The van der Waals surface area contributed by atoms with Gasteiger partial charge in [-0.3, -0.25) is 92.3 Å². The number of thioether (sulfide) groups is 2. The fourth-order valence-electron chi connectivity index (χ4n) is 13.9. The fourth-order valence-corrected chi connectivity index (χ4v) is 14.9. The molecule has 0 aliphatic heterocycles. The molecule has 2 aromatic carbocycles. The van der Waals surface area contributed by atoms with Crippen molar-refractivity contribution in [1.29, 1.82) is 10.8 Å². The van der Waals surface area contributed by atoms with Gasteiger partial charge in [0.25, 0.3) is 0 Å². The molecule has 0 aliphatic rings. The third-order valence-electron chi connectivity index (χ3n) is 21.5. The minimum absolute atomic E-state index is 0.00383. The fraction of sp³-hybridized carbons (Fsp3) is 0.636. The number of carboxylic acids is 2. The van der Waals surface area contributed by atoms with Crippen molar-refractivity contribution in [2.24, 2.45) is 52.0 Å². The highest BCUT2D eigenvalue weighted by Gasteiger charge is 2.40. The first-order valence-electron chi connectivity index (χ1n) is 46.3. The Balaban J connectivity index is 2.60. The van der Waals surface area contributed by atoms with Crippen LogP contribution in [0, 0.1) is 22.7 Å². The number of amides is 16. The largest absolute Gasteiger partial charge is 0.508 e. The number of rotatable bonds is 72. The molecule has 0 aromatic heterocycles. The van der Waals surface area contributed by atoms with E-state index < -0.39 is 253 Å². The first-order chi connectivity index (χ1) is 66.2. The van der Waals surface area contributed by atoms with E-state index in [1.54, 1.807) is 34.0 Å². The Morgan fingerprint density at radius 2 is 0.679 bits per heavy atom. The van der Waals surface area contributed by atoms with Crippen LogP contribution in [-0.2, 0) is 99.1 Å². The lowest BCUT2D eigenvalue weighted by molar-refractivity contribution is -0.143. The van der Waals surface area contributed by atoms with Crippen LogP contribution < -0.4 is 131 Å². The van der Waals surface area contributed by atoms with Gasteiger partial charge in [-0.2, -0.15) is 23.5 Å². The molecule has 0 radical (unpaired) electrons. The number of hydrogen-bond donors (Lipinski definition) is 32. The average Bonchev–Trinajstić information content (AvgIpc) is 0.836. The van der Waals surface area contributed by atoms with E-state index in [9.17, 15) is 117 Å². The van der Waals surface area contributed by atoms with Crippen LogP contribution in [0.25, 0.3) is 0 Å². The van der Waals surface area contributed by atoms with Gasteiger partial charge in [0, 0.05) is 32.4 Å². The third kappa shape index (κ3) is 50.4. The third-order valence-corrected chi connectivity index (χ3v) is 22.8. The molecule has 2 rings (SSSR count). The second-order valence-corrected chi connectivity index (χ2v) is 36.4. The minimum Gasteiger partial charge on any atom is -0.508 e. The van der Waals surface area contributed by atoms with Crippen LogP contribution in [0.1, 0.15) is 174 Å². The Bertz CT molecular complexity index is 4360. The first kappa shape index (κ1) is 124. The molecule has 52 heteroatoms. The first-order valence-corrected chi connectivity index (χ1v) is 49.1. The molecule has 0 fully saturated rings.